The average Bonchev–Trinajstić information content (AvgIpc) is 3.25. The van der Waals surface area contributed by atoms with Crippen LogP contribution in [0.15, 0.2) is 30.3 Å². The lowest BCUT2D eigenvalue weighted by molar-refractivity contribution is -0.318. The fraction of sp³-hybridized carbons (Fsp3) is 0.519. The molecule has 2 fully saturated rings. The molecule has 2 heterocycles. The van der Waals surface area contributed by atoms with Crippen molar-refractivity contribution in [3.63, 3.8) is 0 Å². The Morgan fingerprint density at radius 1 is 1.02 bits per heavy atom. The number of hydrogen-bond acceptors (Lipinski definition) is 16. The number of carbonyl (C=O) groups is 1. The van der Waals surface area contributed by atoms with Gasteiger partial charge in [0, 0.05) is 18.6 Å². The highest BCUT2D eigenvalue weighted by molar-refractivity contribution is 6.01. The Labute approximate surface area is 244 Å². The van der Waals surface area contributed by atoms with E-state index in [4.69, 9.17) is 23.7 Å². The summed E-state index contributed by atoms with van der Waals surface area (Å²) in [6.45, 7) is -2.17. The molecule has 9 atom stereocenters. The Balaban J connectivity index is 1.53. The van der Waals surface area contributed by atoms with E-state index < -0.39 is 104 Å². The molecule has 4 rings (SSSR count). The smallest absolute Gasteiger partial charge is 0.229 e. The van der Waals surface area contributed by atoms with Crippen molar-refractivity contribution in [1.82, 2.24) is 0 Å². The van der Waals surface area contributed by atoms with Crippen LogP contribution in [0.5, 0.6) is 28.7 Å². The van der Waals surface area contributed by atoms with E-state index in [9.17, 15) is 55.9 Å². The maximum atomic E-state index is 12.9. The van der Waals surface area contributed by atoms with Crippen molar-refractivity contribution in [2.75, 3.05) is 26.9 Å². The van der Waals surface area contributed by atoms with Crippen molar-refractivity contribution >= 4 is 5.78 Å². The highest BCUT2D eigenvalue weighted by atomic mass is 16.8. The third-order valence-corrected chi connectivity index (χ3v) is 7.26. The molecule has 0 unspecified atom stereocenters. The Hall–Kier alpha value is -3.29. The first-order chi connectivity index (χ1) is 20.3. The predicted octanol–water partition coefficient (Wildman–Crippen LogP) is -2.24. The van der Waals surface area contributed by atoms with Crippen LogP contribution in [-0.4, -0.2) is 132 Å². The van der Waals surface area contributed by atoms with Gasteiger partial charge < -0.3 is 74.7 Å². The number of hydrogen-bond donors (Lipinski definition) is 10. The maximum Gasteiger partial charge on any atom is 0.229 e. The van der Waals surface area contributed by atoms with Gasteiger partial charge in [-0.3, -0.25) is 4.79 Å². The van der Waals surface area contributed by atoms with E-state index in [1.165, 1.54) is 25.3 Å². The predicted molar refractivity (Wildman–Crippen MR) is 139 cm³/mol. The summed E-state index contributed by atoms with van der Waals surface area (Å²) < 4.78 is 26.8. The normalized spacial score (nSPS) is 31.5. The van der Waals surface area contributed by atoms with Crippen LogP contribution in [0.1, 0.15) is 28.4 Å². The molecule has 10 N–H and O–H groups in total. The zero-order chi connectivity index (χ0) is 31.6. The number of Topliss-reactive ketones (excluding diaryl/α,β-unsaturated/α-hetero) is 1. The molecule has 0 aliphatic carbocycles. The number of rotatable bonds is 11. The largest absolute Gasteiger partial charge is 0.507 e. The first-order valence-electron chi connectivity index (χ1n) is 13.0. The fourth-order valence-electron chi connectivity index (χ4n) is 4.73. The van der Waals surface area contributed by atoms with E-state index in [2.05, 4.69) is 0 Å². The van der Waals surface area contributed by atoms with Gasteiger partial charge in [-0.2, -0.15) is 0 Å². The average molecular weight is 615 g/mol. The molecule has 2 saturated heterocycles. The first kappa shape index (κ1) is 32.6. The zero-order valence-electron chi connectivity index (χ0n) is 22.8. The lowest BCUT2D eigenvalue weighted by Gasteiger charge is -2.42. The highest BCUT2D eigenvalue weighted by Crippen LogP contribution is 2.38. The molecule has 2 aromatic rings. The van der Waals surface area contributed by atoms with Crippen molar-refractivity contribution in [2.24, 2.45) is 0 Å². The molecule has 0 saturated carbocycles. The van der Waals surface area contributed by atoms with E-state index in [0.29, 0.717) is 0 Å². The minimum Gasteiger partial charge on any atom is -0.507 e. The van der Waals surface area contributed by atoms with Gasteiger partial charge in [0.2, 0.25) is 6.29 Å². The molecule has 0 amide bonds. The van der Waals surface area contributed by atoms with Crippen LogP contribution in [0.25, 0.3) is 0 Å². The quantitative estimate of drug-likeness (QED) is 0.120. The van der Waals surface area contributed by atoms with Crippen molar-refractivity contribution in [3.8, 4) is 28.7 Å². The molecule has 2 aliphatic heterocycles. The molecular formula is C27H34O16. The second kappa shape index (κ2) is 13.1. The molecule has 238 valence electrons. The van der Waals surface area contributed by atoms with Gasteiger partial charge in [-0.1, -0.05) is 6.07 Å². The summed E-state index contributed by atoms with van der Waals surface area (Å²) in [5, 5.41) is 102. The summed E-state index contributed by atoms with van der Waals surface area (Å²) in [4.78, 5) is 12.9. The molecule has 0 spiro atoms. The summed E-state index contributed by atoms with van der Waals surface area (Å²) in [7, 11) is 1.30. The van der Waals surface area contributed by atoms with Gasteiger partial charge >= 0.3 is 0 Å². The molecule has 2 aromatic carbocycles. The molecule has 0 radical (unpaired) electrons. The monoisotopic (exact) mass is 614 g/mol. The standard InChI is InChI=1S/C27H34O16/c1-39-18-4-11(2-3-13(18)30)14(31)7-17(34)20-15(32)5-12(6-16(20)33)41-25-23(22(36)21(35)19(8-28)42-25)43-26-24(37)27(38,9-29)10-40-26/h2-6,14,19,21-26,28-33,35-38H,7-10H2,1H3/t14-,19+,21+,22-,23+,24-,25+,26-,27+/m0/s1. The van der Waals surface area contributed by atoms with Crippen LogP contribution >= 0.6 is 0 Å². The number of ketones is 1. The molecule has 16 heteroatoms. The van der Waals surface area contributed by atoms with Crippen LogP contribution in [0.4, 0.5) is 0 Å². The summed E-state index contributed by atoms with van der Waals surface area (Å²) in [5.74, 6) is -2.83. The number of phenols is 3. The lowest BCUT2D eigenvalue weighted by Crippen LogP contribution is -2.62. The summed E-state index contributed by atoms with van der Waals surface area (Å²) in [6, 6.07) is 5.77. The van der Waals surface area contributed by atoms with Gasteiger partial charge in [-0.25, -0.2) is 0 Å². The van der Waals surface area contributed by atoms with Gasteiger partial charge in [-0.15, -0.1) is 0 Å². The first-order valence-corrected chi connectivity index (χ1v) is 13.0. The fourth-order valence-corrected chi connectivity index (χ4v) is 4.73. The number of aliphatic hydroxyl groups is 7. The Morgan fingerprint density at radius 2 is 1.70 bits per heavy atom. The Bertz CT molecular complexity index is 1260. The summed E-state index contributed by atoms with van der Waals surface area (Å²) in [5.41, 5.74) is -2.41. The number of aliphatic hydroxyl groups excluding tert-OH is 6. The van der Waals surface area contributed by atoms with Crippen LogP contribution in [0, 0.1) is 0 Å². The lowest BCUT2D eigenvalue weighted by atomic mass is 9.98. The minimum absolute atomic E-state index is 0.0579. The number of ether oxygens (including phenoxy) is 5. The third kappa shape index (κ3) is 6.63. The molecule has 43 heavy (non-hydrogen) atoms. The Kier molecular flexibility index (Phi) is 9.97. The van der Waals surface area contributed by atoms with Crippen molar-refractivity contribution in [2.45, 2.75) is 61.2 Å². The molecule has 0 bridgehead atoms. The van der Waals surface area contributed by atoms with E-state index in [1.54, 1.807) is 0 Å². The highest BCUT2D eigenvalue weighted by Gasteiger charge is 2.53. The van der Waals surface area contributed by atoms with Gasteiger partial charge in [0.05, 0.1) is 33.0 Å². The van der Waals surface area contributed by atoms with E-state index in [1.807, 2.05) is 0 Å². The molecule has 16 nitrogen and oxygen atoms in total. The molecular weight excluding hydrogens is 580 g/mol. The van der Waals surface area contributed by atoms with Crippen LogP contribution < -0.4 is 9.47 Å². The van der Waals surface area contributed by atoms with Gasteiger partial charge in [0.25, 0.3) is 0 Å². The van der Waals surface area contributed by atoms with E-state index in [0.717, 1.165) is 12.1 Å². The topological polar surface area (TPSA) is 266 Å². The van der Waals surface area contributed by atoms with Crippen molar-refractivity contribution in [3.05, 3.63) is 41.5 Å². The number of methoxy groups -OCH3 is 1. The molecule has 2 aliphatic rings. The zero-order valence-corrected chi connectivity index (χ0v) is 22.8. The second-order valence-corrected chi connectivity index (χ2v) is 10.2. The molecule has 0 aromatic heterocycles. The number of aromatic hydroxyl groups is 3. The van der Waals surface area contributed by atoms with Gasteiger partial charge in [-0.05, 0) is 17.7 Å². The SMILES string of the molecule is COc1cc([C@@H](O)CC(=O)c2c(O)cc(O[C@@H]3O[C@H](CO)[C@@H](O)[C@H](O)[C@H]3O[C@@H]3OC[C@](O)(CO)[C@H]3O)cc2O)ccc1O. The number of carbonyl (C=O) groups excluding carboxylic acids is 1. The minimum atomic E-state index is -2.07. The third-order valence-electron chi connectivity index (χ3n) is 7.26. The van der Waals surface area contributed by atoms with Crippen molar-refractivity contribution in [1.29, 1.82) is 0 Å². The van der Waals surface area contributed by atoms with Crippen LogP contribution in [0.2, 0.25) is 0 Å². The van der Waals surface area contributed by atoms with Crippen molar-refractivity contribution < 1.29 is 79.5 Å². The van der Waals surface area contributed by atoms with Crippen LogP contribution in [0.3, 0.4) is 0 Å². The summed E-state index contributed by atoms with van der Waals surface area (Å²) in [6.07, 6.45) is -13.6. The van der Waals surface area contributed by atoms with E-state index >= 15 is 0 Å². The second-order valence-electron chi connectivity index (χ2n) is 10.2. The van der Waals surface area contributed by atoms with E-state index in [-0.39, 0.29) is 22.8 Å². The number of phenolic OH excluding ortho intramolecular Hbond substituents is 3. The number of benzene rings is 2. The van der Waals surface area contributed by atoms with Gasteiger partial charge in [0.15, 0.2) is 29.7 Å². The Morgan fingerprint density at radius 3 is 2.28 bits per heavy atom. The summed E-state index contributed by atoms with van der Waals surface area (Å²) >= 11 is 0. The van der Waals surface area contributed by atoms with Gasteiger partial charge in [0.1, 0.15) is 52.8 Å². The van der Waals surface area contributed by atoms with Crippen LogP contribution in [-0.2, 0) is 14.2 Å². The maximum absolute atomic E-state index is 12.9.